The average molecular weight is 373 g/mol. The lowest BCUT2D eigenvalue weighted by Gasteiger charge is -2.34. The first-order valence-electron chi connectivity index (χ1n) is 10.0. The van der Waals surface area contributed by atoms with Gasteiger partial charge in [0.05, 0.1) is 7.11 Å². The van der Waals surface area contributed by atoms with Crippen LogP contribution < -0.4 is 15.8 Å². The molecule has 2 fully saturated rings. The zero-order valence-corrected chi connectivity index (χ0v) is 16.2. The van der Waals surface area contributed by atoms with Crippen LogP contribution in [0.3, 0.4) is 0 Å². The molecule has 1 aromatic rings. The first kappa shape index (κ1) is 19.7. The number of nitrogens with zero attached hydrogens (tertiary/aromatic N) is 1. The van der Waals surface area contributed by atoms with E-state index < -0.39 is 0 Å². The van der Waals surface area contributed by atoms with Crippen LogP contribution in [0.5, 0.6) is 5.75 Å². The minimum Gasteiger partial charge on any atom is -0.497 e. The molecule has 1 aliphatic carbocycles. The van der Waals surface area contributed by atoms with Crippen molar-refractivity contribution in [2.45, 2.75) is 38.6 Å². The number of nitrogens with two attached hydrogens (primary N) is 1. The number of hydrogen-bond acceptors (Lipinski definition) is 4. The molecule has 2 aliphatic rings. The molecule has 27 heavy (non-hydrogen) atoms. The molecule has 6 heteroatoms. The Labute approximate surface area is 161 Å². The molecule has 2 atom stereocenters. The third-order valence-electron chi connectivity index (χ3n) is 6.08. The number of rotatable bonds is 6. The number of piperidine rings is 1. The smallest absolute Gasteiger partial charge is 0.226 e. The summed E-state index contributed by atoms with van der Waals surface area (Å²) in [5.74, 6) is 1.56. The van der Waals surface area contributed by atoms with Gasteiger partial charge in [-0.3, -0.25) is 9.59 Å². The van der Waals surface area contributed by atoms with E-state index in [4.69, 9.17) is 10.5 Å². The lowest BCUT2D eigenvalue weighted by molar-refractivity contribution is -0.140. The SMILES string of the molecule is COc1ccc(CNC(=O)C2CCN(C(=O)[C@@H]3CCC[C@@H]3CN)CC2)cc1. The van der Waals surface area contributed by atoms with Crippen molar-refractivity contribution in [2.24, 2.45) is 23.5 Å². The molecule has 1 aromatic carbocycles. The molecule has 1 heterocycles. The van der Waals surface area contributed by atoms with E-state index in [0.717, 1.165) is 43.4 Å². The Balaban J connectivity index is 1.44. The minimum atomic E-state index is -0.0128. The van der Waals surface area contributed by atoms with Crippen LogP contribution in [0.15, 0.2) is 24.3 Å². The summed E-state index contributed by atoms with van der Waals surface area (Å²) in [5.41, 5.74) is 6.87. The molecule has 2 amide bonds. The van der Waals surface area contributed by atoms with Crippen molar-refractivity contribution in [3.63, 3.8) is 0 Å². The highest BCUT2D eigenvalue weighted by Crippen LogP contribution is 2.33. The maximum atomic E-state index is 12.8. The summed E-state index contributed by atoms with van der Waals surface area (Å²) < 4.78 is 5.14. The zero-order chi connectivity index (χ0) is 19.2. The number of methoxy groups -OCH3 is 1. The van der Waals surface area contributed by atoms with Gasteiger partial charge >= 0.3 is 0 Å². The van der Waals surface area contributed by atoms with Crippen LogP contribution in [0, 0.1) is 17.8 Å². The van der Waals surface area contributed by atoms with Crippen molar-refractivity contribution < 1.29 is 14.3 Å². The molecule has 1 aliphatic heterocycles. The highest BCUT2D eigenvalue weighted by atomic mass is 16.5. The Hall–Kier alpha value is -2.08. The average Bonchev–Trinajstić information content (AvgIpc) is 3.20. The molecule has 3 N–H and O–H groups in total. The van der Waals surface area contributed by atoms with Gasteiger partial charge in [-0.25, -0.2) is 0 Å². The number of amides is 2. The molecular formula is C21H31N3O3. The summed E-state index contributed by atoms with van der Waals surface area (Å²) in [6.07, 6.45) is 4.60. The maximum absolute atomic E-state index is 12.8. The number of carbonyl (C=O) groups is 2. The number of benzene rings is 1. The van der Waals surface area contributed by atoms with Crippen molar-refractivity contribution >= 4 is 11.8 Å². The predicted molar refractivity (Wildman–Crippen MR) is 104 cm³/mol. The highest BCUT2D eigenvalue weighted by molar-refractivity contribution is 5.81. The highest BCUT2D eigenvalue weighted by Gasteiger charge is 2.36. The Bertz CT molecular complexity index is 639. The molecule has 1 saturated heterocycles. The summed E-state index contributed by atoms with van der Waals surface area (Å²) in [7, 11) is 1.64. The molecule has 6 nitrogen and oxygen atoms in total. The Morgan fingerprint density at radius 2 is 1.85 bits per heavy atom. The van der Waals surface area contributed by atoms with E-state index in [1.807, 2.05) is 29.2 Å². The number of hydrogen-bond donors (Lipinski definition) is 2. The topological polar surface area (TPSA) is 84.7 Å². The molecule has 0 spiro atoms. The van der Waals surface area contributed by atoms with E-state index in [-0.39, 0.29) is 23.7 Å². The summed E-state index contributed by atoms with van der Waals surface area (Å²) in [6, 6.07) is 7.69. The Morgan fingerprint density at radius 1 is 1.15 bits per heavy atom. The minimum absolute atomic E-state index is 0.0128. The van der Waals surface area contributed by atoms with Crippen LogP contribution in [0.1, 0.15) is 37.7 Å². The van der Waals surface area contributed by atoms with Crippen LogP contribution in [0.2, 0.25) is 0 Å². The van der Waals surface area contributed by atoms with Gasteiger partial charge in [-0.15, -0.1) is 0 Å². The Morgan fingerprint density at radius 3 is 2.48 bits per heavy atom. The van der Waals surface area contributed by atoms with Crippen molar-refractivity contribution in [3.05, 3.63) is 29.8 Å². The quantitative estimate of drug-likeness (QED) is 0.798. The fourth-order valence-corrected chi connectivity index (χ4v) is 4.32. The van der Waals surface area contributed by atoms with Gasteiger partial charge in [0.25, 0.3) is 0 Å². The fraction of sp³-hybridized carbons (Fsp3) is 0.619. The largest absolute Gasteiger partial charge is 0.497 e. The van der Waals surface area contributed by atoms with E-state index in [0.29, 0.717) is 32.1 Å². The van der Waals surface area contributed by atoms with Crippen molar-refractivity contribution in [3.8, 4) is 5.75 Å². The van der Waals surface area contributed by atoms with Crippen LogP contribution >= 0.6 is 0 Å². The number of carbonyl (C=O) groups excluding carboxylic acids is 2. The second-order valence-corrected chi connectivity index (χ2v) is 7.70. The molecule has 0 bridgehead atoms. The van der Waals surface area contributed by atoms with Gasteiger partial charge in [0.15, 0.2) is 0 Å². The lowest BCUT2D eigenvalue weighted by atomic mass is 9.91. The van der Waals surface area contributed by atoms with Gasteiger partial charge < -0.3 is 20.7 Å². The lowest BCUT2D eigenvalue weighted by Crippen LogP contribution is -2.46. The summed E-state index contributed by atoms with van der Waals surface area (Å²) in [6.45, 7) is 2.46. The fourth-order valence-electron chi connectivity index (χ4n) is 4.32. The van der Waals surface area contributed by atoms with Crippen molar-refractivity contribution in [2.75, 3.05) is 26.7 Å². The van der Waals surface area contributed by atoms with Gasteiger partial charge in [0.1, 0.15) is 5.75 Å². The third-order valence-corrected chi connectivity index (χ3v) is 6.08. The molecule has 0 aromatic heterocycles. The first-order chi connectivity index (χ1) is 13.1. The van der Waals surface area contributed by atoms with Crippen LogP contribution in [-0.2, 0) is 16.1 Å². The van der Waals surface area contributed by atoms with Crippen LogP contribution in [0.4, 0.5) is 0 Å². The number of likely N-dealkylation sites (tertiary alicyclic amines) is 1. The normalized spacial score (nSPS) is 23.3. The van der Waals surface area contributed by atoms with Gasteiger partial charge in [0, 0.05) is 31.5 Å². The van der Waals surface area contributed by atoms with E-state index in [1.165, 1.54) is 0 Å². The molecular weight excluding hydrogens is 342 g/mol. The molecule has 148 valence electrons. The molecule has 3 rings (SSSR count). The molecule has 0 unspecified atom stereocenters. The van der Waals surface area contributed by atoms with Gasteiger partial charge in [-0.2, -0.15) is 0 Å². The second kappa shape index (κ2) is 9.22. The Kier molecular flexibility index (Phi) is 6.72. The van der Waals surface area contributed by atoms with Crippen molar-refractivity contribution in [1.29, 1.82) is 0 Å². The maximum Gasteiger partial charge on any atom is 0.226 e. The monoisotopic (exact) mass is 373 g/mol. The summed E-state index contributed by atoms with van der Waals surface area (Å²) in [4.78, 5) is 27.2. The first-order valence-corrected chi connectivity index (χ1v) is 10.0. The standard InChI is InChI=1S/C21H31N3O3/c1-27-18-7-5-15(6-8-18)14-23-20(25)16-9-11-24(12-10-16)21(26)19-4-2-3-17(19)13-22/h5-8,16-17,19H,2-4,9-14,22H2,1H3,(H,23,25)/t17-,19-/m1/s1. The third kappa shape index (κ3) is 4.80. The summed E-state index contributed by atoms with van der Waals surface area (Å²) in [5, 5.41) is 3.02. The molecule has 1 saturated carbocycles. The van der Waals surface area contributed by atoms with Crippen LogP contribution in [0.25, 0.3) is 0 Å². The van der Waals surface area contributed by atoms with Gasteiger partial charge in [0.2, 0.25) is 11.8 Å². The van der Waals surface area contributed by atoms with E-state index in [9.17, 15) is 9.59 Å². The number of nitrogens with one attached hydrogen (secondary N) is 1. The summed E-state index contributed by atoms with van der Waals surface area (Å²) >= 11 is 0. The predicted octanol–water partition coefficient (Wildman–Crippen LogP) is 1.93. The number of ether oxygens (including phenoxy) is 1. The molecule has 0 radical (unpaired) electrons. The van der Waals surface area contributed by atoms with Crippen LogP contribution in [-0.4, -0.2) is 43.5 Å². The second-order valence-electron chi connectivity index (χ2n) is 7.70. The van der Waals surface area contributed by atoms with Gasteiger partial charge in [-0.1, -0.05) is 18.6 Å². The zero-order valence-electron chi connectivity index (χ0n) is 16.2. The van der Waals surface area contributed by atoms with Gasteiger partial charge in [-0.05, 0) is 55.8 Å². The van der Waals surface area contributed by atoms with E-state index in [1.54, 1.807) is 7.11 Å². The van der Waals surface area contributed by atoms with Crippen molar-refractivity contribution in [1.82, 2.24) is 10.2 Å². The van der Waals surface area contributed by atoms with E-state index in [2.05, 4.69) is 5.32 Å². The van der Waals surface area contributed by atoms with E-state index >= 15 is 0 Å².